The highest BCUT2D eigenvalue weighted by atomic mass is 35.5. The molecule has 2 aromatic rings. The zero-order valence-corrected chi connectivity index (χ0v) is 12.0. The van der Waals surface area contributed by atoms with Gasteiger partial charge in [-0.15, -0.1) is 6.58 Å². The average Bonchev–Trinajstić information content (AvgIpc) is 2.45. The molecule has 0 saturated heterocycles. The van der Waals surface area contributed by atoms with Crippen molar-refractivity contribution in [2.45, 2.75) is 5.16 Å². The van der Waals surface area contributed by atoms with E-state index in [2.05, 4.69) is 16.5 Å². The zero-order valence-electron chi connectivity index (χ0n) is 10.4. The van der Waals surface area contributed by atoms with Gasteiger partial charge in [0.1, 0.15) is 11.6 Å². The number of hydrogen-bond acceptors (Lipinski definition) is 4. The zero-order chi connectivity index (χ0) is 14.5. The maximum Gasteiger partial charge on any atom is 0.270 e. The van der Waals surface area contributed by atoms with Crippen LogP contribution in [0.1, 0.15) is 5.56 Å². The summed E-state index contributed by atoms with van der Waals surface area (Å²) in [6.45, 7) is 3.61. The van der Waals surface area contributed by atoms with E-state index >= 15 is 0 Å². The summed E-state index contributed by atoms with van der Waals surface area (Å²) in [6, 6.07) is 8.73. The number of nitriles is 1. The smallest absolute Gasteiger partial charge is 0.270 e. The van der Waals surface area contributed by atoms with E-state index in [1.807, 2.05) is 6.07 Å². The lowest BCUT2D eigenvalue weighted by molar-refractivity contribution is 0.936. The van der Waals surface area contributed by atoms with Gasteiger partial charge < -0.3 is 4.98 Å². The van der Waals surface area contributed by atoms with Gasteiger partial charge in [0.05, 0.1) is 5.69 Å². The molecule has 2 rings (SSSR count). The van der Waals surface area contributed by atoms with Crippen molar-refractivity contribution < 1.29 is 0 Å². The van der Waals surface area contributed by atoms with Crippen LogP contribution >= 0.6 is 23.4 Å². The van der Waals surface area contributed by atoms with E-state index in [1.165, 1.54) is 11.8 Å². The van der Waals surface area contributed by atoms with E-state index in [0.29, 0.717) is 27.2 Å². The number of aromatic amines is 1. The molecule has 1 aromatic heterocycles. The van der Waals surface area contributed by atoms with E-state index in [4.69, 9.17) is 16.9 Å². The van der Waals surface area contributed by atoms with Crippen LogP contribution in [0.2, 0.25) is 5.02 Å². The largest absolute Gasteiger partial charge is 0.300 e. The molecule has 0 atom stereocenters. The van der Waals surface area contributed by atoms with E-state index in [0.717, 1.165) is 0 Å². The number of H-pyrrole nitrogens is 1. The third-order valence-electron chi connectivity index (χ3n) is 2.47. The Balaban J connectivity index is 2.57. The number of benzene rings is 1. The fourth-order valence-corrected chi connectivity index (χ4v) is 2.30. The minimum absolute atomic E-state index is 0.00437. The molecule has 100 valence electrons. The Bertz CT molecular complexity index is 732. The summed E-state index contributed by atoms with van der Waals surface area (Å²) in [5.74, 6) is 0.620. The fraction of sp³-hybridized carbons (Fsp3) is 0.0714. The Morgan fingerprint density at radius 1 is 1.45 bits per heavy atom. The molecule has 20 heavy (non-hydrogen) atoms. The standard InChI is InChI=1S/C14H10ClN3OS/c1-2-7-20-14-17-12(11(8-16)13(19)18-14)9-3-5-10(15)6-4-9/h2-6H,1,7H2,(H,17,18,19). The van der Waals surface area contributed by atoms with Crippen LogP contribution in [0.5, 0.6) is 0 Å². The van der Waals surface area contributed by atoms with Gasteiger partial charge in [0, 0.05) is 16.3 Å². The quantitative estimate of drug-likeness (QED) is 0.535. The van der Waals surface area contributed by atoms with E-state index in [9.17, 15) is 4.79 Å². The van der Waals surface area contributed by atoms with Gasteiger partial charge in [-0.1, -0.05) is 41.6 Å². The van der Waals surface area contributed by atoms with Crippen molar-refractivity contribution in [1.82, 2.24) is 9.97 Å². The van der Waals surface area contributed by atoms with Crippen LogP contribution in [0, 0.1) is 11.3 Å². The van der Waals surface area contributed by atoms with Gasteiger partial charge in [-0.25, -0.2) is 4.98 Å². The first-order valence-electron chi connectivity index (χ1n) is 5.69. The summed E-state index contributed by atoms with van der Waals surface area (Å²) >= 11 is 7.18. The number of rotatable bonds is 4. The summed E-state index contributed by atoms with van der Waals surface area (Å²) in [7, 11) is 0. The normalized spacial score (nSPS) is 10.0. The number of nitrogens with zero attached hydrogens (tertiary/aromatic N) is 2. The highest BCUT2D eigenvalue weighted by molar-refractivity contribution is 7.99. The first kappa shape index (κ1) is 14.4. The summed E-state index contributed by atoms with van der Waals surface area (Å²) < 4.78 is 0. The second-order valence-electron chi connectivity index (χ2n) is 3.81. The maximum absolute atomic E-state index is 11.9. The van der Waals surface area contributed by atoms with Gasteiger partial charge >= 0.3 is 0 Å². The number of halogens is 1. The molecule has 0 aliphatic heterocycles. The molecule has 4 nitrogen and oxygen atoms in total. The summed E-state index contributed by atoms with van der Waals surface area (Å²) in [6.07, 6.45) is 1.71. The number of hydrogen-bond donors (Lipinski definition) is 1. The van der Waals surface area contributed by atoms with Crippen molar-refractivity contribution in [3.05, 3.63) is 57.9 Å². The van der Waals surface area contributed by atoms with Crippen LogP contribution in [0.3, 0.4) is 0 Å². The second-order valence-corrected chi connectivity index (χ2v) is 5.26. The Hall–Kier alpha value is -2.03. The lowest BCUT2D eigenvalue weighted by Gasteiger charge is -2.05. The average molecular weight is 304 g/mol. The highest BCUT2D eigenvalue weighted by Crippen LogP contribution is 2.23. The van der Waals surface area contributed by atoms with Crippen LogP contribution in [0.15, 0.2) is 46.9 Å². The van der Waals surface area contributed by atoms with Gasteiger partial charge in [-0.2, -0.15) is 5.26 Å². The number of thioether (sulfide) groups is 1. The monoisotopic (exact) mass is 303 g/mol. The molecule has 0 fully saturated rings. The molecule has 6 heteroatoms. The molecule has 0 unspecified atom stereocenters. The molecule has 0 spiro atoms. The van der Waals surface area contributed by atoms with Crippen LogP contribution in [0.4, 0.5) is 0 Å². The predicted molar refractivity (Wildman–Crippen MR) is 80.9 cm³/mol. The van der Waals surface area contributed by atoms with E-state index in [1.54, 1.807) is 30.3 Å². The van der Waals surface area contributed by atoms with Gasteiger partial charge in [0.15, 0.2) is 5.16 Å². The first-order valence-corrected chi connectivity index (χ1v) is 7.06. The third-order valence-corrected chi connectivity index (χ3v) is 3.59. The first-order chi connectivity index (χ1) is 9.65. The molecule has 1 aromatic carbocycles. The Labute approximate surface area is 125 Å². The SMILES string of the molecule is C=CCSc1nc(-c2ccc(Cl)cc2)c(C#N)c(=O)[nH]1. The third kappa shape index (κ3) is 3.10. The number of aromatic nitrogens is 2. The Kier molecular flexibility index (Phi) is 4.61. The Morgan fingerprint density at radius 3 is 2.75 bits per heavy atom. The molecule has 1 heterocycles. The minimum Gasteiger partial charge on any atom is -0.300 e. The number of nitrogens with one attached hydrogen (secondary N) is 1. The molecule has 1 N–H and O–H groups in total. The van der Waals surface area contributed by atoms with E-state index in [-0.39, 0.29) is 5.56 Å². The molecule has 0 bridgehead atoms. The van der Waals surface area contributed by atoms with Crippen LogP contribution < -0.4 is 5.56 Å². The van der Waals surface area contributed by atoms with Crippen molar-refractivity contribution in [1.29, 1.82) is 5.26 Å². The van der Waals surface area contributed by atoms with Crippen molar-refractivity contribution in [3.8, 4) is 17.3 Å². The second kappa shape index (κ2) is 6.42. The minimum atomic E-state index is -0.445. The van der Waals surface area contributed by atoms with Gasteiger partial charge in [-0.05, 0) is 12.1 Å². The molecule has 0 saturated carbocycles. The van der Waals surface area contributed by atoms with Crippen LogP contribution in [-0.2, 0) is 0 Å². The molecular formula is C14H10ClN3OS. The summed E-state index contributed by atoms with van der Waals surface area (Å²) in [4.78, 5) is 18.8. The van der Waals surface area contributed by atoms with Gasteiger partial charge in [0.25, 0.3) is 5.56 Å². The van der Waals surface area contributed by atoms with Gasteiger partial charge in [-0.3, -0.25) is 4.79 Å². The molecular weight excluding hydrogens is 294 g/mol. The summed E-state index contributed by atoms with van der Waals surface area (Å²) in [5, 5.41) is 10.2. The van der Waals surface area contributed by atoms with Crippen molar-refractivity contribution >= 4 is 23.4 Å². The van der Waals surface area contributed by atoms with Gasteiger partial charge in [0.2, 0.25) is 0 Å². The lowest BCUT2D eigenvalue weighted by atomic mass is 10.1. The molecule has 0 radical (unpaired) electrons. The fourth-order valence-electron chi connectivity index (χ4n) is 1.58. The highest BCUT2D eigenvalue weighted by Gasteiger charge is 2.13. The van der Waals surface area contributed by atoms with Crippen molar-refractivity contribution in [2.75, 3.05) is 5.75 Å². The molecule has 0 amide bonds. The molecule has 0 aliphatic carbocycles. The van der Waals surface area contributed by atoms with Crippen LogP contribution in [0.25, 0.3) is 11.3 Å². The summed E-state index contributed by atoms with van der Waals surface area (Å²) in [5.41, 5.74) is 0.589. The Morgan fingerprint density at radius 2 is 2.15 bits per heavy atom. The maximum atomic E-state index is 11.9. The van der Waals surface area contributed by atoms with E-state index < -0.39 is 5.56 Å². The predicted octanol–water partition coefficient (Wildman–Crippen LogP) is 3.24. The topological polar surface area (TPSA) is 69.5 Å². The van der Waals surface area contributed by atoms with Crippen LogP contribution in [-0.4, -0.2) is 15.7 Å². The lowest BCUT2D eigenvalue weighted by Crippen LogP contribution is -2.14. The van der Waals surface area contributed by atoms with Crippen molar-refractivity contribution in [2.24, 2.45) is 0 Å². The molecule has 0 aliphatic rings. The van der Waals surface area contributed by atoms with Crippen molar-refractivity contribution in [3.63, 3.8) is 0 Å².